The standard InChI is InChI=1S/C13H24N2O/c1-4-13(2)9-11(13)12(16)15(3)10-5-7-14-8-6-10/h10-11,14H,4-9H2,1-3H3. The lowest BCUT2D eigenvalue weighted by molar-refractivity contribution is -0.134. The van der Waals surface area contributed by atoms with Gasteiger partial charge in [-0.25, -0.2) is 0 Å². The Balaban J connectivity index is 1.90. The van der Waals surface area contributed by atoms with Crippen LogP contribution in [0, 0.1) is 11.3 Å². The van der Waals surface area contributed by atoms with Gasteiger partial charge in [-0.1, -0.05) is 13.8 Å². The Morgan fingerprint density at radius 2 is 2.06 bits per heavy atom. The highest BCUT2D eigenvalue weighted by molar-refractivity contribution is 5.82. The molecule has 0 aromatic carbocycles. The van der Waals surface area contributed by atoms with E-state index in [1.54, 1.807) is 0 Å². The fourth-order valence-corrected chi connectivity index (χ4v) is 2.80. The number of nitrogens with zero attached hydrogens (tertiary/aromatic N) is 1. The number of nitrogens with one attached hydrogen (secondary N) is 1. The van der Waals surface area contributed by atoms with E-state index in [0.29, 0.717) is 23.3 Å². The summed E-state index contributed by atoms with van der Waals surface area (Å²) in [5.74, 6) is 0.689. The monoisotopic (exact) mass is 224 g/mol. The van der Waals surface area contributed by atoms with Crippen molar-refractivity contribution in [2.75, 3.05) is 20.1 Å². The molecule has 0 aromatic rings. The molecule has 0 aromatic heterocycles. The van der Waals surface area contributed by atoms with Crippen LogP contribution >= 0.6 is 0 Å². The van der Waals surface area contributed by atoms with Crippen LogP contribution in [0.3, 0.4) is 0 Å². The van der Waals surface area contributed by atoms with Gasteiger partial charge >= 0.3 is 0 Å². The summed E-state index contributed by atoms with van der Waals surface area (Å²) in [7, 11) is 1.99. The predicted molar refractivity (Wildman–Crippen MR) is 65.2 cm³/mol. The number of piperidine rings is 1. The first-order valence-electron chi connectivity index (χ1n) is 6.56. The van der Waals surface area contributed by atoms with Crippen molar-refractivity contribution in [3.05, 3.63) is 0 Å². The van der Waals surface area contributed by atoms with E-state index in [4.69, 9.17) is 0 Å². The lowest BCUT2D eigenvalue weighted by atomic mass is 10.0. The summed E-state index contributed by atoms with van der Waals surface area (Å²) in [5.41, 5.74) is 0.304. The minimum absolute atomic E-state index is 0.303. The van der Waals surface area contributed by atoms with E-state index in [1.165, 1.54) is 0 Å². The van der Waals surface area contributed by atoms with Crippen molar-refractivity contribution < 1.29 is 4.79 Å². The highest BCUT2D eigenvalue weighted by Crippen LogP contribution is 2.55. The van der Waals surface area contributed by atoms with Crippen LogP contribution in [-0.4, -0.2) is 37.0 Å². The van der Waals surface area contributed by atoms with Crippen molar-refractivity contribution in [2.24, 2.45) is 11.3 Å². The summed E-state index contributed by atoms with van der Waals surface area (Å²) in [6.45, 7) is 6.54. The summed E-state index contributed by atoms with van der Waals surface area (Å²) in [6.07, 6.45) is 4.44. The van der Waals surface area contributed by atoms with Gasteiger partial charge in [0, 0.05) is 19.0 Å². The second kappa shape index (κ2) is 4.36. The van der Waals surface area contributed by atoms with Crippen molar-refractivity contribution in [2.45, 2.75) is 45.6 Å². The SMILES string of the molecule is CCC1(C)CC1C(=O)N(C)C1CCNCC1. The average molecular weight is 224 g/mol. The molecule has 92 valence electrons. The summed E-state index contributed by atoms with van der Waals surface area (Å²) in [4.78, 5) is 14.3. The Morgan fingerprint density at radius 1 is 1.44 bits per heavy atom. The number of hydrogen-bond donors (Lipinski definition) is 1. The maximum absolute atomic E-state index is 12.3. The summed E-state index contributed by atoms with van der Waals surface area (Å²) in [5, 5.41) is 3.34. The normalized spacial score (nSPS) is 34.8. The number of carbonyl (C=O) groups is 1. The van der Waals surface area contributed by atoms with Gasteiger partial charge < -0.3 is 10.2 Å². The molecule has 16 heavy (non-hydrogen) atoms. The van der Waals surface area contributed by atoms with E-state index in [-0.39, 0.29) is 0 Å². The quantitative estimate of drug-likeness (QED) is 0.790. The van der Waals surface area contributed by atoms with Crippen LogP contribution in [0.4, 0.5) is 0 Å². The molecular formula is C13H24N2O. The third-order valence-electron chi connectivity index (χ3n) is 4.66. The smallest absolute Gasteiger partial charge is 0.226 e. The second-order valence-electron chi connectivity index (χ2n) is 5.69. The van der Waals surface area contributed by atoms with Crippen LogP contribution in [0.5, 0.6) is 0 Å². The lowest BCUT2D eigenvalue weighted by Crippen LogP contribution is -2.44. The van der Waals surface area contributed by atoms with Crippen molar-refractivity contribution in [3.8, 4) is 0 Å². The van der Waals surface area contributed by atoms with E-state index >= 15 is 0 Å². The minimum Gasteiger partial charge on any atom is -0.342 e. The molecule has 2 aliphatic rings. The molecule has 3 heteroatoms. The molecule has 1 aliphatic carbocycles. The first-order valence-corrected chi connectivity index (χ1v) is 6.56. The van der Waals surface area contributed by atoms with Gasteiger partial charge in [-0.2, -0.15) is 0 Å². The number of rotatable bonds is 3. The molecular weight excluding hydrogens is 200 g/mol. The van der Waals surface area contributed by atoms with Gasteiger partial charge in [-0.3, -0.25) is 4.79 Å². The zero-order chi connectivity index (χ0) is 11.8. The van der Waals surface area contributed by atoms with Gasteiger partial charge in [-0.05, 0) is 44.2 Å². The predicted octanol–water partition coefficient (Wildman–Crippen LogP) is 1.63. The molecule has 1 saturated carbocycles. The fraction of sp³-hybridized carbons (Fsp3) is 0.923. The van der Waals surface area contributed by atoms with Crippen LogP contribution in [0.1, 0.15) is 39.5 Å². The molecule has 0 radical (unpaired) electrons. The maximum Gasteiger partial charge on any atom is 0.226 e. The van der Waals surface area contributed by atoms with Crippen LogP contribution in [0.15, 0.2) is 0 Å². The fourth-order valence-electron chi connectivity index (χ4n) is 2.80. The van der Waals surface area contributed by atoms with Crippen molar-refractivity contribution in [3.63, 3.8) is 0 Å². The molecule has 2 fully saturated rings. The molecule has 1 amide bonds. The number of amides is 1. The summed E-state index contributed by atoms with van der Waals surface area (Å²) >= 11 is 0. The van der Waals surface area contributed by atoms with E-state index in [2.05, 4.69) is 19.2 Å². The largest absolute Gasteiger partial charge is 0.342 e. The first-order chi connectivity index (χ1) is 7.58. The number of hydrogen-bond acceptors (Lipinski definition) is 2. The van der Waals surface area contributed by atoms with Crippen LogP contribution in [-0.2, 0) is 4.79 Å². The van der Waals surface area contributed by atoms with E-state index < -0.39 is 0 Å². The van der Waals surface area contributed by atoms with Gasteiger partial charge in [0.15, 0.2) is 0 Å². The highest BCUT2D eigenvalue weighted by atomic mass is 16.2. The molecule has 1 heterocycles. The van der Waals surface area contributed by atoms with Gasteiger partial charge in [0.2, 0.25) is 5.91 Å². The number of carbonyl (C=O) groups excluding carboxylic acids is 1. The average Bonchev–Trinajstić information content (AvgIpc) is 3.02. The van der Waals surface area contributed by atoms with Crippen molar-refractivity contribution >= 4 is 5.91 Å². The highest BCUT2D eigenvalue weighted by Gasteiger charge is 2.54. The van der Waals surface area contributed by atoms with E-state index in [9.17, 15) is 4.79 Å². The molecule has 0 spiro atoms. The van der Waals surface area contributed by atoms with Crippen molar-refractivity contribution in [1.29, 1.82) is 0 Å². The van der Waals surface area contributed by atoms with E-state index in [0.717, 1.165) is 38.8 Å². The molecule has 2 rings (SSSR count). The maximum atomic E-state index is 12.3. The summed E-state index contributed by atoms with van der Waals surface area (Å²) < 4.78 is 0. The molecule has 1 saturated heterocycles. The minimum atomic E-state index is 0.303. The zero-order valence-corrected chi connectivity index (χ0v) is 10.8. The first kappa shape index (κ1) is 11.9. The lowest BCUT2D eigenvalue weighted by Gasteiger charge is -2.32. The Kier molecular flexibility index (Phi) is 3.24. The van der Waals surface area contributed by atoms with Crippen molar-refractivity contribution in [1.82, 2.24) is 10.2 Å². The molecule has 1 aliphatic heterocycles. The van der Waals surface area contributed by atoms with Crippen LogP contribution in [0.25, 0.3) is 0 Å². The van der Waals surface area contributed by atoms with E-state index in [1.807, 2.05) is 11.9 Å². The van der Waals surface area contributed by atoms with Gasteiger partial charge in [-0.15, -0.1) is 0 Å². The van der Waals surface area contributed by atoms with Gasteiger partial charge in [0.25, 0.3) is 0 Å². The summed E-state index contributed by atoms with van der Waals surface area (Å²) in [6, 6.07) is 0.468. The molecule has 0 bridgehead atoms. The van der Waals surface area contributed by atoms with Gasteiger partial charge in [0.05, 0.1) is 0 Å². The zero-order valence-electron chi connectivity index (χ0n) is 10.8. The third kappa shape index (κ3) is 2.10. The molecule has 3 nitrogen and oxygen atoms in total. The Hall–Kier alpha value is -0.570. The third-order valence-corrected chi connectivity index (χ3v) is 4.66. The molecule has 2 unspecified atom stereocenters. The topological polar surface area (TPSA) is 32.3 Å². The molecule has 2 atom stereocenters. The Morgan fingerprint density at radius 3 is 2.56 bits per heavy atom. The molecule has 1 N–H and O–H groups in total. The van der Waals surface area contributed by atoms with Crippen LogP contribution in [0.2, 0.25) is 0 Å². The second-order valence-corrected chi connectivity index (χ2v) is 5.69. The Labute approximate surface area is 98.6 Å². The van der Waals surface area contributed by atoms with Crippen LogP contribution < -0.4 is 5.32 Å². The Bertz CT molecular complexity index is 273. The van der Waals surface area contributed by atoms with Gasteiger partial charge in [0.1, 0.15) is 0 Å².